The molecular formula is C20H14Cl2N2O5. The van der Waals surface area contributed by atoms with E-state index in [1.807, 2.05) is 0 Å². The number of benzene rings is 2. The van der Waals surface area contributed by atoms with Crippen molar-refractivity contribution >= 4 is 58.3 Å². The normalized spacial score (nSPS) is 14.6. The molecule has 0 bridgehead atoms. The molecule has 3 rings (SSSR count). The summed E-state index contributed by atoms with van der Waals surface area (Å²) in [6.07, 6.45) is 0. The maximum Gasteiger partial charge on any atom is 0.355 e. The predicted octanol–water partition coefficient (Wildman–Crippen LogP) is 4.43. The van der Waals surface area contributed by atoms with Gasteiger partial charge in [-0.1, -0.05) is 53.5 Å². The van der Waals surface area contributed by atoms with Crippen LogP contribution in [-0.2, 0) is 14.3 Å². The Morgan fingerprint density at radius 3 is 2.31 bits per heavy atom. The molecule has 0 aromatic heterocycles. The summed E-state index contributed by atoms with van der Waals surface area (Å²) in [5.41, 5.74) is -0.709. The second kappa shape index (κ2) is 8.46. The van der Waals surface area contributed by atoms with Crippen LogP contribution in [0.3, 0.4) is 0 Å². The molecule has 0 aliphatic carbocycles. The van der Waals surface area contributed by atoms with Gasteiger partial charge in [-0.05, 0) is 25.1 Å². The minimum Gasteiger partial charge on any atom is -0.506 e. The summed E-state index contributed by atoms with van der Waals surface area (Å²) in [7, 11) is 0. The van der Waals surface area contributed by atoms with Crippen LogP contribution in [0.1, 0.15) is 12.5 Å². The number of aliphatic imine (C=N–C) groups is 1. The first kappa shape index (κ1) is 20.6. The molecule has 9 heteroatoms. The molecule has 0 unspecified atom stereocenters. The number of ether oxygens (including phenoxy) is 1. The number of carbonyl (C=O) groups is 3. The fourth-order valence-corrected chi connectivity index (χ4v) is 3.21. The zero-order valence-electron chi connectivity index (χ0n) is 15.1. The molecule has 0 radical (unpaired) electrons. The fraction of sp³-hybridized carbons (Fsp3) is 0.100. The molecule has 3 amide bonds. The minimum atomic E-state index is -0.986. The quantitative estimate of drug-likeness (QED) is 0.428. The summed E-state index contributed by atoms with van der Waals surface area (Å²) >= 11 is 11.9. The van der Waals surface area contributed by atoms with Crippen molar-refractivity contribution in [2.75, 3.05) is 11.5 Å². The summed E-state index contributed by atoms with van der Waals surface area (Å²) in [5, 5.41) is 11.1. The van der Waals surface area contributed by atoms with Crippen molar-refractivity contribution in [2.45, 2.75) is 6.92 Å². The molecular weight excluding hydrogens is 419 g/mol. The largest absolute Gasteiger partial charge is 0.506 e. The number of urea groups is 1. The van der Waals surface area contributed by atoms with Crippen LogP contribution >= 0.6 is 23.2 Å². The molecule has 0 fully saturated rings. The highest BCUT2D eigenvalue weighted by Crippen LogP contribution is 2.30. The number of hydrogen-bond donors (Lipinski definition) is 1. The molecule has 0 saturated heterocycles. The fourth-order valence-electron chi connectivity index (χ4n) is 2.69. The van der Waals surface area contributed by atoms with E-state index in [0.29, 0.717) is 4.90 Å². The third kappa shape index (κ3) is 4.16. The highest BCUT2D eigenvalue weighted by molar-refractivity contribution is 6.62. The molecule has 1 N–H and O–H groups in total. The molecule has 1 aliphatic heterocycles. The smallest absolute Gasteiger partial charge is 0.355 e. The lowest BCUT2D eigenvalue weighted by Gasteiger charge is -2.15. The van der Waals surface area contributed by atoms with E-state index in [9.17, 15) is 19.5 Å². The number of imide groups is 1. The van der Waals surface area contributed by atoms with Crippen LogP contribution in [0.4, 0.5) is 10.5 Å². The van der Waals surface area contributed by atoms with E-state index in [-0.39, 0.29) is 27.9 Å². The standard InChI is InChI=1S/C20H14Cl2N2O5/c1-2-29-19(27)15(17(25)11-6-4-3-5-7-11)16-18(26)24(20(28)23-16)14-9-12(21)8-13(22)10-14/h3-10,25H,2H2,1H3. The van der Waals surface area contributed by atoms with Gasteiger partial charge < -0.3 is 9.84 Å². The zero-order chi connectivity index (χ0) is 21.1. The first-order valence-electron chi connectivity index (χ1n) is 8.42. The van der Waals surface area contributed by atoms with Crippen LogP contribution in [0, 0.1) is 0 Å². The first-order valence-corrected chi connectivity index (χ1v) is 9.18. The molecule has 29 heavy (non-hydrogen) atoms. The number of aliphatic hydroxyl groups excluding tert-OH is 1. The van der Waals surface area contributed by atoms with Crippen LogP contribution in [-0.4, -0.2) is 35.3 Å². The third-order valence-corrected chi connectivity index (χ3v) is 4.35. The summed E-state index contributed by atoms with van der Waals surface area (Å²) in [4.78, 5) is 42.3. The van der Waals surface area contributed by atoms with Crippen LogP contribution in [0.15, 0.2) is 59.1 Å². The second-order valence-electron chi connectivity index (χ2n) is 5.82. The summed E-state index contributed by atoms with van der Waals surface area (Å²) in [5.74, 6) is -2.44. The summed E-state index contributed by atoms with van der Waals surface area (Å²) in [6, 6.07) is 11.2. The number of anilines is 1. The lowest BCUT2D eigenvalue weighted by atomic mass is 10.0. The summed E-state index contributed by atoms with van der Waals surface area (Å²) in [6.45, 7) is 1.56. The Kier molecular flexibility index (Phi) is 6.00. The van der Waals surface area contributed by atoms with Crippen LogP contribution < -0.4 is 4.90 Å². The molecule has 2 aromatic carbocycles. The predicted molar refractivity (Wildman–Crippen MR) is 109 cm³/mol. The van der Waals surface area contributed by atoms with E-state index >= 15 is 0 Å². The first-order chi connectivity index (χ1) is 13.8. The minimum absolute atomic E-state index is 0.00651. The van der Waals surface area contributed by atoms with Crippen molar-refractivity contribution in [1.29, 1.82) is 0 Å². The number of amides is 3. The van der Waals surface area contributed by atoms with Crippen molar-refractivity contribution in [3.63, 3.8) is 0 Å². The van der Waals surface area contributed by atoms with Crippen molar-refractivity contribution in [3.8, 4) is 0 Å². The molecule has 0 saturated carbocycles. The van der Waals surface area contributed by atoms with Gasteiger partial charge >= 0.3 is 12.0 Å². The molecule has 0 atom stereocenters. The topological polar surface area (TPSA) is 96.3 Å². The lowest BCUT2D eigenvalue weighted by Crippen LogP contribution is -2.34. The van der Waals surface area contributed by atoms with Gasteiger partial charge in [0.15, 0.2) is 5.71 Å². The van der Waals surface area contributed by atoms with Crippen LogP contribution in [0.5, 0.6) is 0 Å². The van der Waals surface area contributed by atoms with Gasteiger partial charge in [0.25, 0.3) is 5.91 Å². The van der Waals surface area contributed by atoms with E-state index < -0.39 is 35.0 Å². The average Bonchev–Trinajstić information content (AvgIpc) is 2.96. The Labute approximate surface area is 175 Å². The molecule has 1 aliphatic rings. The van der Waals surface area contributed by atoms with Crippen LogP contribution in [0.25, 0.3) is 5.76 Å². The van der Waals surface area contributed by atoms with E-state index in [4.69, 9.17) is 27.9 Å². The molecule has 1 heterocycles. The van der Waals surface area contributed by atoms with E-state index in [1.54, 1.807) is 25.1 Å². The summed E-state index contributed by atoms with van der Waals surface area (Å²) < 4.78 is 4.96. The van der Waals surface area contributed by atoms with Gasteiger partial charge in [0, 0.05) is 15.6 Å². The molecule has 7 nitrogen and oxygen atoms in total. The van der Waals surface area contributed by atoms with Crippen LogP contribution in [0.2, 0.25) is 10.0 Å². The third-order valence-electron chi connectivity index (χ3n) is 3.91. The van der Waals surface area contributed by atoms with Gasteiger partial charge in [0.1, 0.15) is 11.3 Å². The molecule has 148 valence electrons. The number of rotatable bonds is 5. The van der Waals surface area contributed by atoms with Gasteiger partial charge in [-0.25, -0.2) is 14.5 Å². The number of carbonyl (C=O) groups excluding carboxylic acids is 3. The van der Waals surface area contributed by atoms with Crippen molar-refractivity contribution in [2.24, 2.45) is 4.99 Å². The number of halogens is 2. The second-order valence-corrected chi connectivity index (χ2v) is 6.69. The van der Waals surface area contributed by atoms with E-state index in [2.05, 4.69) is 4.99 Å². The number of aliphatic hydroxyl groups is 1. The van der Waals surface area contributed by atoms with Gasteiger partial charge in [0.2, 0.25) is 0 Å². The van der Waals surface area contributed by atoms with E-state index in [1.165, 1.54) is 30.3 Å². The Bertz CT molecular complexity index is 1040. The number of hydrogen-bond acceptors (Lipinski definition) is 5. The Morgan fingerprint density at radius 2 is 1.72 bits per heavy atom. The Hall–Kier alpha value is -3.16. The zero-order valence-corrected chi connectivity index (χ0v) is 16.6. The lowest BCUT2D eigenvalue weighted by molar-refractivity contribution is -0.138. The van der Waals surface area contributed by atoms with Crippen molar-refractivity contribution < 1.29 is 24.2 Å². The highest BCUT2D eigenvalue weighted by Gasteiger charge is 2.40. The van der Waals surface area contributed by atoms with Gasteiger partial charge in [-0.15, -0.1) is 0 Å². The Balaban J connectivity index is 2.10. The number of esters is 1. The average molecular weight is 433 g/mol. The van der Waals surface area contributed by atoms with Crippen molar-refractivity contribution in [1.82, 2.24) is 0 Å². The number of nitrogens with zero attached hydrogens (tertiary/aromatic N) is 2. The Morgan fingerprint density at radius 1 is 1.10 bits per heavy atom. The molecule has 2 aromatic rings. The highest BCUT2D eigenvalue weighted by atomic mass is 35.5. The SMILES string of the molecule is CCOC(=O)C(C1=NC(=O)N(c2cc(Cl)cc(Cl)c2)C1=O)=C(O)c1ccccc1. The van der Waals surface area contributed by atoms with Gasteiger partial charge in [0.05, 0.1) is 12.3 Å². The maximum absolute atomic E-state index is 13.0. The molecule has 0 spiro atoms. The monoisotopic (exact) mass is 432 g/mol. The van der Waals surface area contributed by atoms with Crippen molar-refractivity contribution in [3.05, 3.63) is 69.7 Å². The van der Waals surface area contributed by atoms with Gasteiger partial charge in [-0.2, -0.15) is 4.99 Å². The maximum atomic E-state index is 13.0. The van der Waals surface area contributed by atoms with E-state index in [0.717, 1.165) is 0 Å². The van der Waals surface area contributed by atoms with Gasteiger partial charge in [-0.3, -0.25) is 4.79 Å².